The highest BCUT2D eigenvalue weighted by Gasteiger charge is 2.16. The Morgan fingerprint density at radius 1 is 1.46 bits per heavy atom. The monoisotopic (exact) mass is 200 g/mol. The highest BCUT2D eigenvalue weighted by atomic mass is 35.5. The first-order valence-electron chi connectivity index (χ1n) is 3.60. The molecule has 1 heterocycles. The standard InChI is InChI=1S/C8H9ClN2O2/c1-3-4(2)7(10)11-6(9)5(3)8(12)13/h1-2H3,(H2,10,11)(H,12,13). The third-order valence-electron chi connectivity index (χ3n) is 1.96. The van der Waals surface area contributed by atoms with Crippen molar-refractivity contribution in [3.05, 3.63) is 21.8 Å². The van der Waals surface area contributed by atoms with Gasteiger partial charge >= 0.3 is 5.97 Å². The van der Waals surface area contributed by atoms with Crippen LogP contribution in [0.15, 0.2) is 0 Å². The lowest BCUT2D eigenvalue weighted by Crippen LogP contribution is -2.07. The van der Waals surface area contributed by atoms with E-state index in [1.54, 1.807) is 13.8 Å². The molecular weight excluding hydrogens is 192 g/mol. The number of nitrogens with two attached hydrogens (primary N) is 1. The molecule has 0 bridgehead atoms. The van der Waals surface area contributed by atoms with E-state index < -0.39 is 5.97 Å². The molecule has 0 saturated heterocycles. The van der Waals surface area contributed by atoms with Crippen molar-refractivity contribution in [1.82, 2.24) is 4.98 Å². The van der Waals surface area contributed by atoms with Gasteiger partial charge in [-0.15, -0.1) is 0 Å². The van der Waals surface area contributed by atoms with Gasteiger partial charge in [0.2, 0.25) is 0 Å². The Morgan fingerprint density at radius 3 is 2.46 bits per heavy atom. The van der Waals surface area contributed by atoms with Gasteiger partial charge in [-0.2, -0.15) is 0 Å². The maximum absolute atomic E-state index is 10.7. The minimum Gasteiger partial charge on any atom is -0.478 e. The van der Waals surface area contributed by atoms with Gasteiger partial charge in [0.15, 0.2) is 0 Å². The molecule has 0 aliphatic heterocycles. The Morgan fingerprint density at radius 2 is 2.00 bits per heavy atom. The molecule has 70 valence electrons. The zero-order valence-electron chi connectivity index (χ0n) is 7.26. The van der Waals surface area contributed by atoms with Crippen molar-refractivity contribution in [2.45, 2.75) is 13.8 Å². The molecule has 0 aliphatic rings. The maximum Gasteiger partial charge on any atom is 0.339 e. The van der Waals surface area contributed by atoms with Gasteiger partial charge in [0.25, 0.3) is 0 Å². The first-order valence-corrected chi connectivity index (χ1v) is 3.98. The number of carbonyl (C=O) groups is 1. The fourth-order valence-corrected chi connectivity index (χ4v) is 1.34. The summed E-state index contributed by atoms with van der Waals surface area (Å²) >= 11 is 5.63. The summed E-state index contributed by atoms with van der Waals surface area (Å²) < 4.78 is 0. The molecule has 4 nitrogen and oxygen atoms in total. The van der Waals surface area contributed by atoms with Gasteiger partial charge in [-0.25, -0.2) is 9.78 Å². The fourth-order valence-electron chi connectivity index (χ4n) is 1.03. The van der Waals surface area contributed by atoms with E-state index in [-0.39, 0.29) is 16.5 Å². The number of halogens is 1. The number of anilines is 1. The van der Waals surface area contributed by atoms with Crippen LogP contribution in [0.4, 0.5) is 5.82 Å². The second-order valence-electron chi connectivity index (χ2n) is 2.72. The maximum atomic E-state index is 10.7. The molecule has 3 N–H and O–H groups in total. The molecule has 0 spiro atoms. The number of nitrogens with zero attached hydrogens (tertiary/aromatic N) is 1. The summed E-state index contributed by atoms with van der Waals surface area (Å²) in [6.45, 7) is 3.36. The van der Waals surface area contributed by atoms with Crippen LogP contribution in [0.5, 0.6) is 0 Å². The molecule has 0 aliphatic carbocycles. The number of hydrogen-bond acceptors (Lipinski definition) is 3. The molecule has 0 amide bonds. The molecular formula is C8H9ClN2O2. The van der Waals surface area contributed by atoms with Crippen molar-refractivity contribution in [2.75, 3.05) is 5.73 Å². The third kappa shape index (κ3) is 1.58. The van der Waals surface area contributed by atoms with Gasteiger partial charge in [-0.3, -0.25) is 0 Å². The molecule has 0 fully saturated rings. The highest BCUT2D eigenvalue weighted by Crippen LogP contribution is 2.23. The number of aromatic carboxylic acids is 1. The van der Waals surface area contributed by atoms with Gasteiger partial charge in [0.1, 0.15) is 16.5 Å². The largest absolute Gasteiger partial charge is 0.478 e. The lowest BCUT2D eigenvalue weighted by molar-refractivity contribution is 0.0696. The fraction of sp³-hybridized carbons (Fsp3) is 0.250. The predicted molar refractivity (Wildman–Crippen MR) is 50.1 cm³/mol. The van der Waals surface area contributed by atoms with E-state index in [0.717, 1.165) is 0 Å². The summed E-state index contributed by atoms with van der Waals surface area (Å²) in [6.07, 6.45) is 0. The molecule has 1 aromatic rings. The van der Waals surface area contributed by atoms with Crippen LogP contribution in [-0.4, -0.2) is 16.1 Å². The number of pyridine rings is 1. The van der Waals surface area contributed by atoms with E-state index >= 15 is 0 Å². The van der Waals surface area contributed by atoms with E-state index in [9.17, 15) is 4.79 Å². The summed E-state index contributed by atoms with van der Waals surface area (Å²) in [5.74, 6) is -0.814. The first kappa shape index (κ1) is 9.80. The van der Waals surface area contributed by atoms with E-state index in [0.29, 0.717) is 11.1 Å². The molecule has 13 heavy (non-hydrogen) atoms. The van der Waals surface area contributed by atoms with Crippen LogP contribution in [0.1, 0.15) is 21.5 Å². The van der Waals surface area contributed by atoms with Crippen molar-refractivity contribution in [3.63, 3.8) is 0 Å². The highest BCUT2D eigenvalue weighted by molar-refractivity contribution is 6.32. The van der Waals surface area contributed by atoms with Crippen LogP contribution in [-0.2, 0) is 0 Å². The first-order chi connectivity index (χ1) is 5.95. The SMILES string of the molecule is Cc1c(N)nc(Cl)c(C(=O)O)c1C. The second kappa shape index (κ2) is 3.22. The van der Waals surface area contributed by atoms with Crippen LogP contribution in [0.2, 0.25) is 5.15 Å². The Labute approximate surface area is 80.3 Å². The summed E-state index contributed by atoms with van der Waals surface area (Å²) in [5, 5.41) is 8.73. The lowest BCUT2D eigenvalue weighted by Gasteiger charge is -2.08. The van der Waals surface area contributed by atoms with Gasteiger partial charge in [0, 0.05) is 0 Å². The minimum absolute atomic E-state index is 0.0216. The van der Waals surface area contributed by atoms with Crippen LogP contribution in [0, 0.1) is 13.8 Å². The van der Waals surface area contributed by atoms with Crippen LogP contribution >= 0.6 is 11.6 Å². The average molecular weight is 201 g/mol. The number of carboxylic acid groups (broad SMARTS) is 1. The minimum atomic E-state index is -1.09. The number of hydrogen-bond donors (Lipinski definition) is 2. The summed E-state index contributed by atoms with van der Waals surface area (Å²) in [6, 6.07) is 0. The molecule has 1 aromatic heterocycles. The average Bonchev–Trinajstić information content (AvgIpc) is 1.99. The summed E-state index contributed by atoms with van der Waals surface area (Å²) in [7, 11) is 0. The zero-order valence-corrected chi connectivity index (χ0v) is 8.01. The van der Waals surface area contributed by atoms with Crippen molar-refractivity contribution in [3.8, 4) is 0 Å². The number of aromatic nitrogens is 1. The molecule has 5 heteroatoms. The Hall–Kier alpha value is -1.29. The smallest absolute Gasteiger partial charge is 0.339 e. The van der Waals surface area contributed by atoms with Gasteiger partial charge in [-0.1, -0.05) is 11.6 Å². The van der Waals surface area contributed by atoms with Gasteiger partial charge < -0.3 is 10.8 Å². The van der Waals surface area contributed by atoms with Crippen molar-refractivity contribution in [1.29, 1.82) is 0 Å². The number of carboxylic acids is 1. The van der Waals surface area contributed by atoms with E-state index in [1.807, 2.05) is 0 Å². The molecule has 0 aromatic carbocycles. The Bertz CT molecular complexity index is 377. The lowest BCUT2D eigenvalue weighted by atomic mass is 10.1. The van der Waals surface area contributed by atoms with E-state index in [4.69, 9.17) is 22.4 Å². The summed E-state index contributed by atoms with van der Waals surface area (Å²) in [4.78, 5) is 14.5. The molecule has 0 unspecified atom stereocenters. The molecule has 0 saturated carbocycles. The van der Waals surface area contributed by atoms with Crippen molar-refractivity contribution < 1.29 is 9.90 Å². The topological polar surface area (TPSA) is 76.2 Å². The number of nitrogen functional groups attached to an aromatic ring is 1. The quantitative estimate of drug-likeness (QED) is 0.676. The second-order valence-corrected chi connectivity index (χ2v) is 3.08. The molecule has 1 rings (SSSR count). The van der Waals surface area contributed by atoms with Crippen LogP contribution in [0.25, 0.3) is 0 Å². The Kier molecular flexibility index (Phi) is 2.43. The van der Waals surface area contributed by atoms with Crippen molar-refractivity contribution >= 4 is 23.4 Å². The molecule has 0 radical (unpaired) electrons. The van der Waals surface area contributed by atoms with Crippen LogP contribution < -0.4 is 5.73 Å². The Balaban J connectivity index is 3.53. The zero-order chi connectivity index (χ0) is 10.2. The molecule has 0 atom stereocenters. The normalized spacial score (nSPS) is 10.1. The van der Waals surface area contributed by atoms with E-state index in [2.05, 4.69) is 4.98 Å². The van der Waals surface area contributed by atoms with Gasteiger partial charge in [0.05, 0.1) is 0 Å². The van der Waals surface area contributed by atoms with Crippen molar-refractivity contribution in [2.24, 2.45) is 0 Å². The summed E-state index contributed by atoms with van der Waals surface area (Å²) in [5.41, 5.74) is 6.74. The predicted octanol–water partition coefficient (Wildman–Crippen LogP) is 1.63. The third-order valence-corrected chi connectivity index (χ3v) is 2.23. The van der Waals surface area contributed by atoms with Crippen LogP contribution in [0.3, 0.4) is 0 Å². The van der Waals surface area contributed by atoms with E-state index in [1.165, 1.54) is 0 Å². The van der Waals surface area contributed by atoms with Gasteiger partial charge in [-0.05, 0) is 25.0 Å². The number of rotatable bonds is 1.